The molecule has 2 amide bonds. The second-order valence-corrected chi connectivity index (χ2v) is 16.3. The SMILES string of the molecule is CC[n+]1c(-c2cccnc2[C@H](C)OC)n2c3cc(ccc31)-c1csc(n1)C[C@H](NC(=O)C1[C@H](CF)[C@H]1CF)C(=O)N1CCC[C@H](N1)C(=O)OCC(C)(C)C2. The van der Waals surface area contributed by atoms with Crippen molar-refractivity contribution in [3.8, 4) is 22.6 Å². The number of rotatable bonds is 8. The number of imidazole rings is 1. The molecule has 1 aromatic carbocycles. The number of halogens is 2. The minimum Gasteiger partial charge on any atom is -0.464 e. The highest BCUT2D eigenvalue weighted by Crippen LogP contribution is 2.47. The van der Waals surface area contributed by atoms with Gasteiger partial charge in [0.25, 0.3) is 11.7 Å². The first-order chi connectivity index (χ1) is 26.0. The Kier molecular flexibility index (Phi) is 10.8. The van der Waals surface area contributed by atoms with E-state index < -0.39 is 66.4 Å². The quantitative estimate of drug-likeness (QED) is 0.194. The number of aromatic nitrogens is 4. The lowest BCUT2D eigenvalue weighted by atomic mass is 9.94. The Morgan fingerprint density at radius 3 is 2.72 bits per heavy atom. The number of carbonyl (C=O) groups is 3. The summed E-state index contributed by atoms with van der Waals surface area (Å²) >= 11 is 1.37. The molecule has 54 heavy (non-hydrogen) atoms. The van der Waals surface area contributed by atoms with Crippen LogP contribution in [0.3, 0.4) is 0 Å². The van der Waals surface area contributed by atoms with Gasteiger partial charge in [-0.15, -0.1) is 11.3 Å². The van der Waals surface area contributed by atoms with E-state index in [1.165, 1.54) is 16.3 Å². The van der Waals surface area contributed by atoms with Gasteiger partial charge in [0.2, 0.25) is 5.91 Å². The largest absolute Gasteiger partial charge is 0.464 e. The average Bonchev–Trinajstić information content (AvgIpc) is 3.58. The van der Waals surface area contributed by atoms with Gasteiger partial charge < -0.3 is 14.8 Å². The van der Waals surface area contributed by atoms with Crippen LogP contribution in [0.5, 0.6) is 0 Å². The van der Waals surface area contributed by atoms with Gasteiger partial charge in [-0.05, 0) is 57.0 Å². The summed E-state index contributed by atoms with van der Waals surface area (Å²) in [6, 6.07) is 8.34. The topological polar surface area (TPSA) is 132 Å². The third-order valence-corrected chi connectivity index (χ3v) is 11.8. The van der Waals surface area contributed by atoms with Gasteiger partial charge in [-0.3, -0.25) is 33.2 Å². The van der Waals surface area contributed by atoms with E-state index in [2.05, 4.69) is 58.8 Å². The number of cyclic esters (lactones) is 1. The van der Waals surface area contributed by atoms with Gasteiger partial charge in [0.05, 0.1) is 54.5 Å². The highest BCUT2D eigenvalue weighted by molar-refractivity contribution is 7.10. The van der Waals surface area contributed by atoms with Crippen molar-refractivity contribution in [2.24, 2.45) is 23.2 Å². The van der Waals surface area contributed by atoms with Crippen molar-refractivity contribution in [2.75, 3.05) is 33.6 Å². The fraction of sp³-hybridized carbons (Fsp3) is 0.538. The number of ether oxygens (including phenoxy) is 2. The number of methoxy groups -OCH3 is 1. The van der Waals surface area contributed by atoms with E-state index in [4.69, 9.17) is 19.4 Å². The molecule has 15 heteroatoms. The number of esters is 1. The molecule has 12 nitrogen and oxygen atoms in total. The van der Waals surface area contributed by atoms with Crippen molar-refractivity contribution in [3.63, 3.8) is 0 Å². The number of amides is 2. The number of benzene rings is 1. The molecular formula is C39H48F2N7O5S+. The average molecular weight is 765 g/mol. The van der Waals surface area contributed by atoms with Crippen LogP contribution in [-0.2, 0) is 43.4 Å². The van der Waals surface area contributed by atoms with Crippen LogP contribution in [0.2, 0.25) is 0 Å². The third-order valence-electron chi connectivity index (χ3n) is 11.0. The van der Waals surface area contributed by atoms with Gasteiger partial charge in [-0.2, -0.15) is 0 Å². The minimum atomic E-state index is -1.08. The van der Waals surface area contributed by atoms with E-state index in [1.54, 1.807) is 13.3 Å². The maximum atomic E-state index is 14.1. The van der Waals surface area contributed by atoms with E-state index in [0.717, 1.165) is 33.7 Å². The normalized spacial score (nSPS) is 24.9. The highest BCUT2D eigenvalue weighted by Gasteiger charge is 2.55. The molecule has 0 radical (unpaired) electrons. The fourth-order valence-corrected chi connectivity index (χ4v) is 8.74. The van der Waals surface area contributed by atoms with Gasteiger partial charge in [0.1, 0.15) is 18.7 Å². The predicted molar refractivity (Wildman–Crippen MR) is 198 cm³/mol. The number of fused-ring (bicyclic) bond motifs is 6. The number of aryl methyl sites for hydroxylation is 1. The van der Waals surface area contributed by atoms with Crippen molar-refractivity contribution in [2.45, 2.75) is 78.2 Å². The van der Waals surface area contributed by atoms with E-state index in [9.17, 15) is 23.2 Å². The summed E-state index contributed by atoms with van der Waals surface area (Å²) in [6.07, 6.45) is 2.55. The van der Waals surface area contributed by atoms with Crippen molar-refractivity contribution in [1.82, 2.24) is 30.3 Å². The summed E-state index contributed by atoms with van der Waals surface area (Å²) in [4.78, 5) is 50.7. The standard InChI is InChI=1S/C39H47F2N7O5S/c1-6-46-30-12-11-23-15-31(30)47(36(46)24-9-7-13-42-34(24)22(2)52-5)20-39(3,4)21-53-38(51)27-10-8-14-48(45-27)37(50)28(16-32-43-29(23)19-54-32)44-35(49)33-25(17-40)26(33)18-41/h7,9,11-13,15,19,22,25-28,33,45H,6,8,10,14,16-18,20-21H2,1-5H3/p+1/t22-,25+,26+,27-,28-/m0/s1. The van der Waals surface area contributed by atoms with E-state index in [0.29, 0.717) is 43.2 Å². The Morgan fingerprint density at radius 2 is 2.00 bits per heavy atom. The number of nitrogens with one attached hydrogen (secondary N) is 2. The fourth-order valence-electron chi connectivity index (χ4n) is 7.89. The summed E-state index contributed by atoms with van der Waals surface area (Å²) in [7, 11) is 1.67. The summed E-state index contributed by atoms with van der Waals surface area (Å²) in [6.45, 7) is 8.17. The number of hydrogen-bond donors (Lipinski definition) is 2. The Labute approximate surface area is 317 Å². The lowest BCUT2D eigenvalue weighted by Crippen LogP contribution is -2.60. The summed E-state index contributed by atoms with van der Waals surface area (Å²) in [5, 5.41) is 6.69. The van der Waals surface area contributed by atoms with Crippen LogP contribution in [0.15, 0.2) is 41.9 Å². The molecule has 0 unspecified atom stereocenters. The van der Waals surface area contributed by atoms with Crippen LogP contribution >= 0.6 is 11.3 Å². The summed E-state index contributed by atoms with van der Waals surface area (Å²) in [5.74, 6) is -2.80. The molecule has 6 bridgehead atoms. The van der Waals surface area contributed by atoms with E-state index in [-0.39, 0.29) is 19.1 Å². The smallest absolute Gasteiger partial charge is 0.324 e. The molecule has 2 aliphatic heterocycles. The molecule has 1 saturated heterocycles. The lowest BCUT2D eigenvalue weighted by Gasteiger charge is -2.35. The predicted octanol–water partition coefficient (Wildman–Crippen LogP) is 4.75. The molecule has 1 saturated carbocycles. The summed E-state index contributed by atoms with van der Waals surface area (Å²) in [5.41, 5.74) is 7.79. The van der Waals surface area contributed by atoms with Crippen LogP contribution in [-0.4, -0.2) is 83.0 Å². The van der Waals surface area contributed by atoms with Gasteiger partial charge in [-0.1, -0.05) is 13.8 Å². The van der Waals surface area contributed by atoms with Gasteiger partial charge in [0.15, 0.2) is 11.0 Å². The molecule has 2 fully saturated rings. The number of nitrogens with zero attached hydrogens (tertiary/aromatic N) is 5. The molecule has 3 aromatic heterocycles. The Morgan fingerprint density at radius 1 is 1.22 bits per heavy atom. The molecule has 288 valence electrons. The number of pyridine rings is 1. The Balaban J connectivity index is 1.33. The molecule has 7 rings (SSSR count). The van der Waals surface area contributed by atoms with Crippen LogP contribution in [0.25, 0.3) is 33.7 Å². The number of thiazole rings is 1. The van der Waals surface area contributed by atoms with E-state index in [1.807, 2.05) is 24.4 Å². The molecule has 1 aliphatic carbocycles. The van der Waals surface area contributed by atoms with Crippen molar-refractivity contribution in [1.29, 1.82) is 0 Å². The molecular weight excluding hydrogens is 717 g/mol. The monoisotopic (exact) mass is 764 g/mol. The molecule has 4 aromatic rings. The number of hydrogen-bond acceptors (Lipinski definition) is 9. The zero-order chi connectivity index (χ0) is 38.3. The summed E-state index contributed by atoms with van der Waals surface area (Å²) < 4.78 is 43.4. The molecule has 0 spiro atoms. The van der Waals surface area contributed by atoms with E-state index >= 15 is 0 Å². The first-order valence-corrected chi connectivity index (χ1v) is 19.5. The molecule has 3 aliphatic rings. The highest BCUT2D eigenvalue weighted by atomic mass is 32.1. The first-order valence-electron chi connectivity index (χ1n) is 18.6. The van der Waals surface area contributed by atoms with Crippen molar-refractivity contribution < 1.29 is 37.2 Å². The van der Waals surface area contributed by atoms with Crippen LogP contribution < -0.4 is 15.3 Å². The number of alkyl halides is 2. The second kappa shape index (κ2) is 15.4. The number of hydrazine groups is 1. The van der Waals surface area contributed by atoms with Crippen LogP contribution in [0.4, 0.5) is 8.78 Å². The van der Waals surface area contributed by atoms with Crippen molar-refractivity contribution in [3.05, 3.63) is 52.6 Å². The minimum absolute atomic E-state index is 0.0596. The zero-order valence-corrected chi connectivity index (χ0v) is 32.1. The zero-order valence-electron chi connectivity index (χ0n) is 31.3. The second-order valence-electron chi connectivity index (χ2n) is 15.3. The Bertz CT molecular complexity index is 2040. The molecule has 2 N–H and O–H groups in total. The molecule has 5 atom stereocenters. The van der Waals surface area contributed by atoms with Gasteiger partial charge in [0, 0.05) is 60.4 Å². The number of carbonyl (C=O) groups excluding carboxylic acids is 3. The molecule has 5 heterocycles. The third kappa shape index (κ3) is 7.25. The van der Waals surface area contributed by atoms with Gasteiger partial charge in [-0.25, -0.2) is 19.5 Å². The maximum absolute atomic E-state index is 14.1. The van der Waals surface area contributed by atoms with Crippen LogP contribution in [0, 0.1) is 23.2 Å². The first kappa shape index (κ1) is 38.0. The van der Waals surface area contributed by atoms with Gasteiger partial charge >= 0.3 is 5.97 Å². The lowest BCUT2D eigenvalue weighted by molar-refractivity contribution is -0.657. The Hall–Kier alpha value is -4.34. The van der Waals surface area contributed by atoms with Crippen LogP contribution in [0.1, 0.15) is 57.3 Å². The van der Waals surface area contributed by atoms with Crippen molar-refractivity contribution >= 4 is 40.2 Å². The maximum Gasteiger partial charge on any atom is 0.324 e.